The van der Waals surface area contributed by atoms with Gasteiger partial charge in [-0.15, -0.1) is 0 Å². The van der Waals surface area contributed by atoms with Gasteiger partial charge < -0.3 is 4.57 Å². The van der Waals surface area contributed by atoms with Gasteiger partial charge in [0.2, 0.25) is 0 Å². The van der Waals surface area contributed by atoms with Gasteiger partial charge in [0.15, 0.2) is 0 Å². The van der Waals surface area contributed by atoms with Crippen molar-refractivity contribution < 1.29 is 0 Å². The quantitative estimate of drug-likeness (QED) is 0.414. The van der Waals surface area contributed by atoms with Crippen LogP contribution in [0, 0.1) is 0 Å². The van der Waals surface area contributed by atoms with Gasteiger partial charge in [0.1, 0.15) is 0 Å². The van der Waals surface area contributed by atoms with E-state index in [1.54, 1.807) is 0 Å². The highest BCUT2D eigenvalue weighted by molar-refractivity contribution is 9.10. The molecule has 0 amide bonds. The zero-order chi connectivity index (χ0) is 15.6. The Kier molecular flexibility index (Phi) is 3.76. The summed E-state index contributed by atoms with van der Waals surface area (Å²) in [6.45, 7) is 0.858. The van der Waals surface area contributed by atoms with E-state index in [0.717, 1.165) is 11.0 Å². The van der Waals surface area contributed by atoms with Crippen molar-refractivity contribution in [3.8, 4) is 11.3 Å². The van der Waals surface area contributed by atoms with Gasteiger partial charge in [-0.2, -0.15) is 0 Å². The monoisotopic (exact) mass is 361 g/mol. The second-order valence-corrected chi connectivity index (χ2v) is 6.41. The van der Waals surface area contributed by atoms with Crippen molar-refractivity contribution in [2.24, 2.45) is 0 Å². The molecule has 0 aliphatic heterocycles. The normalized spacial score (nSPS) is 11.0. The minimum absolute atomic E-state index is 0.858. The van der Waals surface area contributed by atoms with Crippen LogP contribution < -0.4 is 0 Å². The van der Waals surface area contributed by atoms with E-state index in [2.05, 4.69) is 105 Å². The Morgan fingerprint density at radius 1 is 0.696 bits per heavy atom. The highest BCUT2D eigenvalue weighted by atomic mass is 79.9. The van der Waals surface area contributed by atoms with Gasteiger partial charge in [0, 0.05) is 17.4 Å². The average Bonchev–Trinajstić information content (AvgIpc) is 2.89. The fraction of sp³-hybridized carbons (Fsp3) is 0.0476. The predicted molar refractivity (Wildman–Crippen MR) is 101 cm³/mol. The summed E-state index contributed by atoms with van der Waals surface area (Å²) in [6, 6.07) is 29.7. The third-order valence-corrected chi connectivity index (χ3v) is 4.94. The second kappa shape index (κ2) is 6.05. The van der Waals surface area contributed by atoms with E-state index < -0.39 is 0 Å². The number of hydrogen-bond acceptors (Lipinski definition) is 0. The molecule has 23 heavy (non-hydrogen) atoms. The van der Waals surface area contributed by atoms with Crippen molar-refractivity contribution in [2.75, 3.05) is 0 Å². The van der Waals surface area contributed by atoms with Gasteiger partial charge in [-0.05, 0) is 33.1 Å². The fourth-order valence-corrected chi connectivity index (χ4v) is 3.85. The molecule has 0 radical (unpaired) electrons. The highest BCUT2D eigenvalue weighted by Gasteiger charge is 2.16. The van der Waals surface area contributed by atoms with Crippen LogP contribution >= 0.6 is 15.9 Å². The first-order valence-corrected chi connectivity index (χ1v) is 8.50. The maximum atomic E-state index is 3.83. The predicted octanol–water partition coefficient (Wildman–Crippen LogP) is 6.12. The fourth-order valence-electron chi connectivity index (χ4n) is 3.07. The Morgan fingerprint density at radius 3 is 2.04 bits per heavy atom. The molecule has 3 aromatic carbocycles. The number of halogens is 1. The largest absolute Gasteiger partial charge is 0.335 e. The summed E-state index contributed by atoms with van der Waals surface area (Å²) in [7, 11) is 0. The van der Waals surface area contributed by atoms with E-state index in [1.165, 1.54) is 27.7 Å². The minimum Gasteiger partial charge on any atom is -0.335 e. The second-order valence-electron chi connectivity index (χ2n) is 5.62. The van der Waals surface area contributed by atoms with Crippen molar-refractivity contribution >= 4 is 26.8 Å². The molecule has 0 aliphatic carbocycles. The topological polar surface area (TPSA) is 4.93 Å². The maximum absolute atomic E-state index is 3.83. The van der Waals surface area contributed by atoms with Gasteiger partial charge in [-0.25, -0.2) is 0 Å². The van der Waals surface area contributed by atoms with E-state index in [-0.39, 0.29) is 0 Å². The molecule has 0 unspecified atom stereocenters. The Balaban J connectivity index is 1.97. The highest BCUT2D eigenvalue weighted by Crippen LogP contribution is 2.38. The van der Waals surface area contributed by atoms with Crippen molar-refractivity contribution in [1.29, 1.82) is 0 Å². The smallest absolute Gasteiger partial charge is 0.0638 e. The SMILES string of the molecule is Brc1c(-c2ccccc2)n(Cc2ccccc2)c2ccccc12. The van der Waals surface area contributed by atoms with E-state index in [9.17, 15) is 0 Å². The Hall–Kier alpha value is -2.32. The zero-order valence-electron chi connectivity index (χ0n) is 12.6. The molecule has 0 atom stereocenters. The van der Waals surface area contributed by atoms with Crippen LogP contribution in [-0.4, -0.2) is 4.57 Å². The van der Waals surface area contributed by atoms with Crippen LogP contribution in [0.25, 0.3) is 22.2 Å². The van der Waals surface area contributed by atoms with Crippen molar-refractivity contribution in [3.05, 3.63) is 95.0 Å². The standard InChI is InChI=1S/C21H16BrN/c22-20-18-13-7-8-14-19(18)23(15-16-9-3-1-4-10-16)21(20)17-11-5-2-6-12-17/h1-14H,15H2. The molecular weight excluding hydrogens is 346 g/mol. The van der Waals surface area contributed by atoms with Crippen LogP contribution in [0.2, 0.25) is 0 Å². The Morgan fingerprint density at radius 2 is 1.30 bits per heavy atom. The third kappa shape index (κ3) is 2.60. The van der Waals surface area contributed by atoms with Gasteiger partial charge >= 0.3 is 0 Å². The van der Waals surface area contributed by atoms with E-state index in [4.69, 9.17) is 0 Å². The Labute approximate surface area is 144 Å². The molecular formula is C21H16BrN. The first-order chi connectivity index (χ1) is 11.3. The number of para-hydroxylation sites is 1. The molecule has 0 fully saturated rings. The summed E-state index contributed by atoms with van der Waals surface area (Å²) in [5.74, 6) is 0. The zero-order valence-corrected chi connectivity index (χ0v) is 14.2. The maximum Gasteiger partial charge on any atom is 0.0638 e. The molecule has 0 saturated heterocycles. The van der Waals surface area contributed by atoms with Crippen LogP contribution in [0.3, 0.4) is 0 Å². The van der Waals surface area contributed by atoms with Crippen molar-refractivity contribution in [2.45, 2.75) is 6.54 Å². The average molecular weight is 362 g/mol. The van der Waals surface area contributed by atoms with Crippen molar-refractivity contribution in [3.63, 3.8) is 0 Å². The minimum atomic E-state index is 0.858. The molecule has 0 aliphatic rings. The molecule has 0 bridgehead atoms. The third-order valence-electron chi connectivity index (χ3n) is 4.14. The van der Waals surface area contributed by atoms with E-state index in [0.29, 0.717) is 0 Å². The number of rotatable bonds is 3. The number of benzene rings is 3. The van der Waals surface area contributed by atoms with Gasteiger partial charge in [-0.3, -0.25) is 0 Å². The number of nitrogens with zero attached hydrogens (tertiary/aromatic N) is 1. The molecule has 0 saturated carbocycles. The molecule has 4 aromatic rings. The van der Waals surface area contributed by atoms with Gasteiger partial charge in [0.05, 0.1) is 10.2 Å². The number of aromatic nitrogens is 1. The molecule has 1 nitrogen and oxygen atoms in total. The van der Waals surface area contributed by atoms with Crippen LogP contribution in [0.15, 0.2) is 89.4 Å². The van der Waals surface area contributed by atoms with Crippen LogP contribution in [-0.2, 0) is 6.54 Å². The number of fused-ring (bicyclic) bond motifs is 1. The van der Waals surface area contributed by atoms with Gasteiger partial charge in [0.25, 0.3) is 0 Å². The first-order valence-electron chi connectivity index (χ1n) is 7.70. The summed E-state index contributed by atoms with van der Waals surface area (Å²) in [5.41, 5.74) is 5.02. The lowest BCUT2D eigenvalue weighted by molar-refractivity contribution is 0.843. The van der Waals surface area contributed by atoms with Crippen LogP contribution in [0.5, 0.6) is 0 Å². The summed E-state index contributed by atoms with van der Waals surface area (Å²) in [6.07, 6.45) is 0. The van der Waals surface area contributed by atoms with Crippen molar-refractivity contribution in [1.82, 2.24) is 4.57 Å². The van der Waals surface area contributed by atoms with Gasteiger partial charge in [-0.1, -0.05) is 78.9 Å². The molecule has 4 rings (SSSR count). The Bertz CT molecular complexity index is 940. The molecule has 1 aromatic heterocycles. The number of hydrogen-bond donors (Lipinski definition) is 0. The van der Waals surface area contributed by atoms with E-state index in [1.807, 2.05) is 0 Å². The molecule has 112 valence electrons. The molecule has 1 heterocycles. The summed E-state index contributed by atoms with van der Waals surface area (Å²) in [5, 5.41) is 1.25. The molecule has 2 heteroatoms. The molecule has 0 N–H and O–H groups in total. The van der Waals surface area contributed by atoms with Crippen LogP contribution in [0.1, 0.15) is 5.56 Å². The summed E-state index contributed by atoms with van der Waals surface area (Å²) in [4.78, 5) is 0. The lowest BCUT2D eigenvalue weighted by Crippen LogP contribution is -2.01. The van der Waals surface area contributed by atoms with Crippen LogP contribution in [0.4, 0.5) is 0 Å². The molecule has 0 spiro atoms. The first kappa shape index (κ1) is 14.3. The van der Waals surface area contributed by atoms with E-state index >= 15 is 0 Å². The lowest BCUT2D eigenvalue weighted by Gasteiger charge is -2.12. The lowest BCUT2D eigenvalue weighted by atomic mass is 10.1. The summed E-state index contributed by atoms with van der Waals surface area (Å²) < 4.78 is 3.56. The summed E-state index contributed by atoms with van der Waals surface area (Å²) >= 11 is 3.83.